The van der Waals surface area contributed by atoms with Crippen molar-refractivity contribution < 1.29 is 29.3 Å². The van der Waals surface area contributed by atoms with Gasteiger partial charge >= 0.3 is 20.1 Å². The zero-order valence-corrected chi connectivity index (χ0v) is 12.2. The van der Waals surface area contributed by atoms with E-state index in [4.69, 9.17) is 5.11 Å². The average Bonchev–Trinajstić information content (AvgIpc) is 2.86. The molecule has 4 N–H and O–H groups in total. The van der Waals surface area contributed by atoms with E-state index < -0.39 is 32.6 Å². The van der Waals surface area contributed by atoms with Crippen LogP contribution in [0.4, 0.5) is 5.69 Å². The number of carboxylic acids is 2. The first-order chi connectivity index (χ1) is 10.4. The summed E-state index contributed by atoms with van der Waals surface area (Å²) in [4.78, 5) is 34.5. The molecular formula is C13H14N2O6P+. The van der Waals surface area contributed by atoms with Crippen LogP contribution in [0.2, 0.25) is 0 Å². The predicted octanol–water partition coefficient (Wildman–Crippen LogP) is 1.94. The van der Waals surface area contributed by atoms with E-state index >= 15 is 0 Å². The third kappa shape index (κ3) is 3.24. The minimum Gasteiger partial charge on any atom is -0.481 e. The molecule has 0 fully saturated rings. The number of para-hydroxylation sites is 1. The van der Waals surface area contributed by atoms with Crippen molar-refractivity contribution in [3.8, 4) is 0 Å². The summed E-state index contributed by atoms with van der Waals surface area (Å²) in [5.74, 6) is -2.53. The van der Waals surface area contributed by atoms with E-state index in [-0.39, 0.29) is 12.1 Å². The van der Waals surface area contributed by atoms with E-state index in [2.05, 4.69) is 4.98 Å². The summed E-state index contributed by atoms with van der Waals surface area (Å²) in [7, 11) is -3.00. The van der Waals surface area contributed by atoms with E-state index in [0.717, 1.165) is 4.67 Å². The maximum atomic E-state index is 11.7. The highest BCUT2D eigenvalue weighted by atomic mass is 31.1. The fourth-order valence-electron chi connectivity index (χ4n) is 2.24. The zero-order valence-electron chi connectivity index (χ0n) is 11.3. The van der Waals surface area contributed by atoms with Crippen LogP contribution in [-0.4, -0.2) is 38.1 Å². The molecule has 9 heteroatoms. The Balaban J connectivity index is 2.45. The molecule has 0 amide bonds. The lowest BCUT2D eigenvalue weighted by Crippen LogP contribution is -2.37. The van der Waals surface area contributed by atoms with Crippen LogP contribution >= 0.6 is 8.18 Å². The number of carboxylic acid groups (broad SMARTS) is 2. The number of fused-ring (bicyclic) bond motifs is 1. The summed E-state index contributed by atoms with van der Waals surface area (Å²) in [6.07, 6.45) is 0.732. The van der Waals surface area contributed by atoms with Gasteiger partial charge in [-0.2, -0.15) is 0 Å². The number of anilines is 1. The molecule has 2 aromatic rings. The maximum absolute atomic E-state index is 11.7. The van der Waals surface area contributed by atoms with E-state index in [1.165, 1.54) is 6.20 Å². The second-order valence-electron chi connectivity index (χ2n) is 4.60. The summed E-state index contributed by atoms with van der Waals surface area (Å²) >= 11 is 0. The molecule has 0 saturated carbocycles. The van der Waals surface area contributed by atoms with Crippen LogP contribution < -0.4 is 4.67 Å². The Hall–Kier alpha value is -2.44. The molecule has 0 aliphatic rings. The number of carbonyl (C=O) groups is 2. The Morgan fingerprint density at radius 1 is 1.27 bits per heavy atom. The number of benzene rings is 1. The highest BCUT2D eigenvalue weighted by Crippen LogP contribution is 2.38. The summed E-state index contributed by atoms with van der Waals surface area (Å²) in [5, 5.41) is 18.6. The fourth-order valence-corrected chi connectivity index (χ4v) is 3.04. The Morgan fingerprint density at radius 3 is 2.55 bits per heavy atom. The first-order valence-electron chi connectivity index (χ1n) is 6.38. The van der Waals surface area contributed by atoms with Gasteiger partial charge in [-0.15, -0.1) is 9.56 Å². The molecule has 0 aliphatic heterocycles. The van der Waals surface area contributed by atoms with Crippen LogP contribution in [-0.2, 0) is 14.2 Å². The first kappa shape index (κ1) is 15.9. The first-order valence-corrected chi connectivity index (χ1v) is 7.54. The molecule has 2 rings (SSSR count). The molecule has 0 bridgehead atoms. The lowest BCUT2D eigenvalue weighted by atomic mass is 10.1. The van der Waals surface area contributed by atoms with Crippen molar-refractivity contribution in [2.24, 2.45) is 0 Å². The van der Waals surface area contributed by atoms with Gasteiger partial charge in [0, 0.05) is 23.5 Å². The summed E-state index contributed by atoms with van der Waals surface area (Å²) in [6.45, 7) is 0. The Bertz CT molecular complexity index is 728. The van der Waals surface area contributed by atoms with Gasteiger partial charge in [0.15, 0.2) is 6.04 Å². The number of rotatable bonds is 7. The molecule has 0 aliphatic carbocycles. The van der Waals surface area contributed by atoms with Crippen molar-refractivity contribution in [2.75, 3.05) is 4.67 Å². The van der Waals surface area contributed by atoms with Crippen LogP contribution in [0.3, 0.4) is 0 Å². The van der Waals surface area contributed by atoms with Crippen LogP contribution in [0.5, 0.6) is 0 Å². The Labute approximate surface area is 125 Å². The summed E-state index contributed by atoms with van der Waals surface area (Å²) in [6, 6.07) is 5.50. The standard InChI is InChI=1S/C13H13N2O6P/c16-12(17)6-5-10(13(18)19)15(22(20)21)11-7-14-9-4-2-1-3-8(9)11/h1-4,7,10,14H,5-6H2,(H2-,16,17,18,19,20,21)/p+1. The van der Waals surface area contributed by atoms with Crippen molar-refractivity contribution in [1.82, 2.24) is 4.98 Å². The van der Waals surface area contributed by atoms with Gasteiger partial charge in [0.25, 0.3) is 0 Å². The molecule has 8 nitrogen and oxygen atoms in total. The van der Waals surface area contributed by atoms with E-state index in [0.29, 0.717) is 10.9 Å². The van der Waals surface area contributed by atoms with Gasteiger partial charge in [-0.25, -0.2) is 4.79 Å². The number of aromatic amines is 1. The molecular weight excluding hydrogens is 311 g/mol. The Kier molecular flexibility index (Phi) is 4.75. The van der Waals surface area contributed by atoms with Crippen LogP contribution in [0.25, 0.3) is 10.9 Å². The van der Waals surface area contributed by atoms with E-state index in [9.17, 15) is 24.2 Å². The number of nitrogens with zero attached hydrogens (tertiary/aromatic N) is 1. The van der Waals surface area contributed by atoms with Gasteiger partial charge in [0.05, 0.1) is 0 Å². The van der Waals surface area contributed by atoms with Crippen LogP contribution in [0.15, 0.2) is 30.5 Å². The third-order valence-electron chi connectivity index (χ3n) is 3.21. The largest absolute Gasteiger partial charge is 0.644 e. The number of H-pyrrole nitrogens is 1. The molecule has 1 aromatic carbocycles. The van der Waals surface area contributed by atoms with Gasteiger partial charge in [0.2, 0.25) is 0 Å². The molecule has 2 unspecified atom stereocenters. The fraction of sp³-hybridized carbons (Fsp3) is 0.231. The smallest absolute Gasteiger partial charge is 0.481 e. The topological polar surface area (TPSA) is 131 Å². The lowest BCUT2D eigenvalue weighted by Gasteiger charge is -2.17. The molecule has 1 aromatic heterocycles. The van der Waals surface area contributed by atoms with Crippen molar-refractivity contribution in [3.63, 3.8) is 0 Å². The maximum Gasteiger partial charge on any atom is 0.644 e. The molecule has 0 radical (unpaired) electrons. The number of aliphatic carboxylic acids is 2. The summed E-state index contributed by atoms with van der Waals surface area (Å²) in [5.41, 5.74) is 0.929. The second-order valence-corrected chi connectivity index (χ2v) is 5.54. The monoisotopic (exact) mass is 325 g/mol. The molecule has 0 spiro atoms. The number of nitrogens with one attached hydrogen (secondary N) is 1. The lowest BCUT2D eigenvalue weighted by molar-refractivity contribution is -0.139. The molecule has 1 heterocycles. The highest BCUT2D eigenvalue weighted by molar-refractivity contribution is 7.40. The molecule has 22 heavy (non-hydrogen) atoms. The minimum atomic E-state index is -3.00. The molecule has 116 valence electrons. The van der Waals surface area contributed by atoms with Gasteiger partial charge < -0.3 is 15.2 Å². The van der Waals surface area contributed by atoms with Crippen molar-refractivity contribution in [3.05, 3.63) is 30.5 Å². The zero-order chi connectivity index (χ0) is 16.3. The third-order valence-corrected chi connectivity index (χ3v) is 4.07. The number of hydrogen-bond acceptors (Lipinski definition) is 3. The molecule has 2 atom stereocenters. The van der Waals surface area contributed by atoms with E-state index in [1.54, 1.807) is 24.3 Å². The van der Waals surface area contributed by atoms with Crippen LogP contribution in [0, 0.1) is 0 Å². The number of hydrogen-bond donors (Lipinski definition) is 4. The predicted molar refractivity (Wildman–Crippen MR) is 78.9 cm³/mol. The molecule has 0 saturated heterocycles. The quantitative estimate of drug-likeness (QED) is 0.572. The number of aromatic nitrogens is 1. The minimum absolute atomic E-state index is 0.247. The van der Waals surface area contributed by atoms with E-state index in [1.807, 2.05) is 0 Å². The van der Waals surface area contributed by atoms with Crippen molar-refractivity contribution in [2.45, 2.75) is 18.9 Å². The van der Waals surface area contributed by atoms with Crippen molar-refractivity contribution >= 4 is 36.7 Å². The average molecular weight is 325 g/mol. The van der Waals surface area contributed by atoms with Gasteiger partial charge in [-0.1, -0.05) is 18.2 Å². The van der Waals surface area contributed by atoms with Crippen LogP contribution in [0.1, 0.15) is 12.8 Å². The van der Waals surface area contributed by atoms with Gasteiger partial charge in [0.1, 0.15) is 5.69 Å². The second kappa shape index (κ2) is 6.55. The van der Waals surface area contributed by atoms with Crippen molar-refractivity contribution in [1.29, 1.82) is 0 Å². The SMILES string of the molecule is O=C(O)CCC(C(=O)O)N(c1c[nH]c2ccccc12)[P+](=O)O. The highest BCUT2D eigenvalue weighted by Gasteiger charge is 2.40. The normalized spacial score (nSPS) is 12.9. The van der Waals surface area contributed by atoms with Gasteiger partial charge in [-0.05, 0) is 17.1 Å². The van der Waals surface area contributed by atoms with Gasteiger partial charge in [-0.3, -0.25) is 4.79 Å². The Morgan fingerprint density at radius 2 is 1.95 bits per heavy atom. The summed E-state index contributed by atoms with van der Waals surface area (Å²) < 4.78 is 12.5.